The average molecular weight is 729 g/mol. The monoisotopic (exact) mass is 728 g/mol. The van der Waals surface area contributed by atoms with Crippen molar-refractivity contribution in [3.05, 3.63) is 193 Å². The van der Waals surface area contributed by atoms with Gasteiger partial charge in [0.25, 0.3) is 0 Å². The predicted octanol–water partition coefficient (Wildman–Crippen LogP) is 16.0. The highest BCUT2D eigenvalue weighted by molar-refractivity contribution is 7.26. The van der Waals surface area contributed by atoms with Crippen LogP contribution in [0, 0.1) is 0 Å². The summed E-state index contributed by atoms with van der Waals surface area (Å²) in [5, 5.41) is 13.0. The molecule has 0 fully saturated rings. The van der Waals surface area contributed by atoms with Crippen molar-refractivity contribution in [2.75, 3.05) is 0 Å². The molecular formula is C55H36S. The van der Waals surface area contributed by atoms with Crippen LogP contribution in [0.5, 0.6) is 0 Å². The number of thiophene rings is 1. The minimum Gasteiger partial charge on any atom is -0.134 e. The molecule has 0 N–H and O–H groups in total. The van der Waals surface area contributed by atoms with Crippen molar-refractivity contribution in [1.82, 2.24) is 0 Å². The van der Waals surface area contributed by atoms with Gasteiger partial charge in [-0.3, -0.25) is 0 Å². The first-order chi connectivity index (χ1) is 27.6. The first-order valence-electron chi connectivity index (χ1n) is 19.6. The van der Waals surface area contributed by atoms with Gasteiger partial charge in [-0.15, -0.1) is 11.3 Å². The molecule has 56 heavy (non-hydrogen) atoms. The van der Waals surface area contributed by atoms with E-state index in [2.05, 4.69) is 196 Å². The van der Waals surface area contributed by atoms with Crippen molar-refractivity contribution in [2.24, 2.45) is 0 Å². The standard InChI is InChI=1S/C55H36S/c1-55(2)47-25-12-11-19-39(47)45-30-31-48-52(53(45)55)46-32-36-15-4-6-18-38(36)50(54(46)56-48)35-28-26-34(27-29-35)49-41-20-7-9-22-43(41)51(44-23-10-8-21-42(44)49)40-24-13-16-33-14-3-5-17-37(33)40/h3-32H,1-2H3. The molecule has 0 spiro atoms. The topological polar surface area (TPSA) is 0 Å². The van der Waals surface area contributed by atoms with Crippen LogP contribution in [0.1, 0.15) is 25.0 Å². The molecule has 0 amide bonds. The van der Waals surface area contributed by atoms with E-state index in [9.17, 15) is 0 Å². The average Bonchev–Trinajstić information content (AvgIpc) is 3.73. The first-order valence-corrected chi connectivity index (χ1v) is 20.4. The second kappa shape index (κ2) is 11.7. The van der Waals surface area contributed by atoms with Gasteiger partial charge in [0.1, 0.15) is 0 Å². The van der Waals surface area contributed by atoms with E-state index in [0.717, 1.165) is 0 Å². The van der Waals surface area contributed by atoms with E-state index in [1.54, 1.807) is 0 Å². The van der Waals surface area contributed by atoms with E-state index in [1.807, 2.05) is 11.3 Å². The van der Waals surface area contributed by atoms with E-state index in [0.29, 0.717) is 0 Å². The lowest BCUT2D eigenvalue weighted by atomic mass is 9.80. The fourth-order valence-corrected chi connectivity index (χ4v) is 11.5. The Labute approximate surface area is 329 Å². The highest BCUT2D eigenvalue weighted by Gasteiger charge is 2.37. The molecule has 0 atom stereocenters. The lowest BCUT2D eigenvalue weighted by molar-refractivity contribution is 0.667. The Balaban J connectivity index is 1.09. The van der Waals surface area contributed by atoms with Gasteiger partial charge in [-0.2, -0.15) is 0 Å². The quantitative estimate of drug-likeness (QED) is 0.159. The van der Waals surface area contributed by atoms with E-state index >= 15 is 0 Å². The molecular weight excluding hydrogens is 693 g/mol. The maximum Gasteiger partial charge on any atom is 0.0440 e. The first kappa shape index (κ1) is 31.8. The van der Waals surface area contributed by atoms with Crippen LogP contribution in [0.25, 0.3) is 108 Å². The van der Waals surface area contributed by atoms with Crippen LogP contribution in [0.2, 0.25) is 0 Å². The van der Waals surface area contributed by atoms with E-state index in [-0.39, 0.29) is 5.41 Å². The molecule has 1 heterocycles. The Bertz CT molecular complexity index is 3370. The molecule has 0 bridgehead atoms. The Kier molecular flexibility index (Phi) is 6.66. The Hall–Kier alpha value is -6.54. The van der Waals surface area contributed by atoms with Crippen LogP contribution < -0.4 is 0 Å². The summed E-state index contributed by atoms with van der Waals surface area (Å²) in [6.07, 6.45) is 0. The van der Waals surface area contributed by atoms with Gasteiger partial charge < -0.3 is 0 Å². The third-order valence-electron chi connectivity index (χ3n) is 12.6. The fraction of sp³-hybridized carbons (Fsp3) is 0.0545. The highest BCUT2D eigenvalue weighted by atomic mass is 32.1. The molecule has 10 aromatic carbocycles. The van der Waals surface area contributed by atoms with Gasteiger partial charge in [0.2, 0.25) is 0 Å². The molecule has 1 aliphatic rings. The van der Waals surface area contributed by atoms with Gasteiger partial charge in [0, 0.05) is 31.2 Å². The van der Waals surface area contributed by atoms with E-state index < -0.39 is 0 Å². The maximum absolute atomic E-state index is 2.45. The largest absolute Gasteiger partial charge is 0.134 e. The van der Waals surface area contributed by atoms with Crippen LogP contribution in [0.4, 0.5) is 0 Å². The SMILES string of the molecule is CC1(C)c2ccccc2-c2ccc3sc4c(-c5ccc(-c6c7ccccc7c(-c7cccc8ccccc78)c7ccccc67)cc5)c5ccccc5cc4c3c21. The third-order valence-corrected chi connectivity index (χ3v) is 13.8. The zero-order valence-corrected chi connectivity index (χ0v) is 32.0. The molecule has 11 aromatic rings. The van der Waals surface area contributed by atoms with Gasteiger partial charge in [0.15, 0.2) is 0 Å². The molecule has 12 rings (SSSR count). The molecule has 1 aromatic heterocycles. The van der Waals surface area contributed by atoms with Crippen molar-refractivity contribution in [3.8, 4) is 44.5 Å². The summed E-state index contributed by atoms with van der Waals surface area (Å²) < 4.78 is 2.72. The molecule has 0 saturated heterocycles. The summed E-state index contributed by atoms with van der Waals surface area (Å²) in [5.41, 5.74) is 13.2. The smallest absolute Gasteiger partial charge is 0.0440 e. The summed E-state index contributed by atoms with van der Waals surface area (Å²) in [7, 11) is 0. The summed E-state index contributed by atoms with van der Waals surface area (Å²) in [6.45, 7) is 4.81. The number of rotatable bonds is 3. The van der Waals surface area contributed by atoms with Gasteiger partial charge in [-0.25, -0.2) is 0 Å². The molecule has 0 aliphatic heterocycles. The van der Waals surface area contributed by atoms with Crippen LogP contribution in [0.15, 0.2) is 182 Å². The lowest BCUT2D eigenvalue weighted by Crippen LogP contribution is -2.15. The third kappa shape index (κ3) is 4.35. The summed E-state index contributed by atoms with van der Waals surface area (Å²) >= 11 is 1.95. The summed E-state index contributed by atoms with van der Waals surface area (Å²) in [6, 6.07) is 68.0. The molecule has 262 valence electrons. The van der Waals surface area contributed by atoms with Gasteiger partial charge in [-0.1, -0.05) is 184 Å². The van der Waals surface area contributed by atoms with Crippen molar-refractivity contribution in [1.29, 1.82) is 0 Å². The Morgan fingerprint density at radius 1 is 0.375 bits per heavy atom. The molecule has 1 heteroatoms. The minimum absolute atomic E-state index is 0.0817. The summed E-state index contributed by atoms with van der Waals surface area (Å²) in [5.74, 6) is 0. The van der Waals surface area contributed by atoms with Gasteiger partial charge in [-0.05, 0) is 105 Å². The van der Waals surface area contributed by atoms with E-state index in [1.165, 1.54) is 119 Å². The number of fused-ring (bicyclic) bond motifs is 11. The maximum atomic E-state index is 2.45. The van der Waals surface area contributed by atoms with Gasteiger partial charge >= 0.3 is 0 Å². The normalized spacial score (nSPS) is 13.3. The van der Waals surface area contributed by atoms with Gasteiger partial charge in [0.05, 0.1) is 0 Å². The number of hydrogen-bond acceptors (Lipinski definition) is 1. The molecule has 0 saturated carbocycles. The van der Waals surface area contributed by atoms with Crippen molar-refractivity contribution >= 4 is 74.6 Å². The van der Waals surface area contributed by atoms with E-state index in [4.69, 9.17) is 0 Å². The number of hydrogen-bond donors (Lipinski definition) is 0. The zero-order chi connectivity index (χ0) is 37.1. The van der Waals surface area contributed by atoms with Crippen LogP contribution in [-0.4, -0.2) is 0 Å². The lowest BCUT2D eigenvalue weighted by Gasteiger charge is -2.22. The summed E-state index contributed by atoms with van der Waals surface area (Å²) in [4.78, 5) is 0. The molecule has 0 nitrogen and oxygen atoms in total. The Morgan fingerprint density at radius 2 is 0.911 bits per heavy atom. The van der Waals surface area contributed by atoms with Crippen LogP contribution in [-0.2, 0) is 5.41 Å². The minimum atomic E-state index is -0.0817. The second-order valence-corrected chi connectivity index (χ2v) is 17.0. The van der Waals surface area contributed by atoms with Crippen molar-refractivity contribution in [2.45, 2.75) is 19.3 Å². The number of benzene rings is 10. The molecule has 0 radical (unpaired) electrons. The van der Waals surface area contributed by atoms with Crippen molar-refractivity contribution < 1.29 is 0 Å². The van der Waals surface area contributed by atoms with Crippen LogP contribution >= 0.6 is 11.3 Å². The Morgan fingerprint density at radius 3 is 1.62 bits per heavy atom. The zero-order valence-electron chi connectivity index (χ0n) is 31.2. The van der Waals surface area contributed by atoms with Crippen LogP contribution in [0.3, 0.4) is 0 Å². The van der Waals surface area contributed by atoms with Crippen molar-refractivity contribution in [3.63, 3.8) is 0 Å². The highest BCUT2D eigenvalue weighted by Crippen LogP contribution is 2.55. The molecule has 0 unspecified atom stereocenters. The fourth-order valence-electron chi connectivity index (χ4n) is 10.2. The second-order valence-electron chi connectivity index (χ2n) is 15.9. The molecule has 1 aliphatic carbocycles. The predicted molar refractivity (Wildman–Crippen MR) is 243 cm³/mol.